The van der Waals surface area contributed by atoms with Crippen LogP contribution in [-0.2, 0) is 0 Å². The standard InChI is InChI=1S/C19H13N.C6H3N3O7/c1-2-6-14(7-3-1)15-10-11-16-13-20-19-9-5-4-8-17(19)18(16)12-15;10-6-4(8(13)14)1-3(7(11)12)2-5(6)9(15)16/h1-13H;1-2,10H. The lowest BCUT2D eigenvalue weighted by Gasteiger charge is -2.06. The number of fused-ring (bicyclic) bond motifs is 3. The first kappa shape index (κ1) is 23.7. The highest BCUT2D eigenvalue weighted by atomic mass is 16.6. The largest absolute Gasteiger partial charge is 0.497 e. The van der Waals surface area contributed by atoms with Gasteiger partial charge in [-0.15, -0.1) is 0 Å². The SMILES string of the molecule is O=[N+]([O-])c1cc([N+](=O)[O-])c(O)c([N+](=O)[O-])c1.c1ccc(-c2ccc3cnc4ccccc4c3c2)cc1. The van der Waals surface area contributed by atoms with E-state index in [1.165, 1.54) is 27.3 Å². The van der Waals surface area contributed by atoms with Gasteiger partial charge >= 0.3 is 11.4 Å². The second-order valence-electron chi connectivity index (χ2n) is 7.55. The molecule has 0 saturated heterocycles. The molecule has 0 spiro atoms. The number of nitro groups is 3. The molecule has 11 heteroatoms. The van der Waals surface area contributed by atoms with Gasteiger partial charge in [0.05, 0.1) is 32.4 Å². The van der Waals surface area contributed by atoms with E-state index in [4.69, 9.17) is 5.11 Å². The van der Waals surface area contributed by atoms with Crippen molar-refractivity contribution in [3.8, 4) is 16.9 Å². The Balaban J connectivity index is 0.000000175. The van der Waals surface area contributed by atoms with Gasteiger partial charge in [-0.2, -0.15) is 0 Å². The molecule has 0 atom stereocenters. The van der Waals surface area contributed by atoms with Crippen LogP contribution in [0.5, 0.6) is 5.75 Å². The van der Waals surface area contributed by atoms with Gasteiger partial charge in [0.25, 0.3) is 11.4 Å². The van der Waals surface area contributed by atoms with Crippen molar-refractivity contribution in [2.45, 2.75) is 0 Å². The first-order chi connectivity index (χ1) is 17.3. The van der Waals surface area contributed by atoms with Crippen LogP contribution in [0.4, 0.5) is 17.1 Å². The predicted molar refractivity (Wildman–Crippen MR) is 133 cm³/mol. The molecule has 178 valence electrons. The summed E-state index contributed by atoms with van der Waals surface area (Å²) in [6.45, 7) is 0. The van der Waals surface area contributed by atoms with Crippen LogP contribution >= 0.6 is 0 Å². The highest BCUT2D eigenvalue weighted by molar-refractivity contribution is 6.06. The molecular weight excluding hydrogens is 468 g/mol. The van der Waals surface area contributed by atoms with E-state index in [-0.39, 0.29) is 0 Å². The molecule has 0 fully saturated rings. The molecule has 0 unspecified atom stereocenters. The summed E-state index contributed by atoms with van der Waals surface area (Å²) >= 11 is 0. The Morgan fingerprint density at radius 2 is 1.25 bits per heavy atom. The topological polar surface area (TPSA) is 163 Å². The lowest BCUT2D eigenvalue weighted by Crippen LogP contribution is -1.97. The van der Waals surface area contributed by atoms with Crippen LogP contribution in [0.3, 0.4) is 0 Å². The molecule has 0 aliphatic heterocycles. The van der Waals surface area contributed by atoms with Crippen molar-refractivity contribution >= 4 is 38.7 Å². The van der Waals surface area contributed by atoms with E-state index < -0.39 is 37.6 Å². The number of para-hydroxylation sites is 1. The molecule has 0 aliphatic carbocycles. The van der Waals surface area contributed by atoms with Gasteiger partial charge in [-0.1, -0.05) is 60.7 Å². The van der Waals surface area contributed by atoms with E-state index in [2.05, 4.69) is 65.6 Å². The van der Waals surface area contributed by atoms with Crippen molar-refractivity contribution in [1.29, 1.82) is 0 Å². The number of nitrogens with zero attached hydrogens (tertiary/aromatic N) is 4. The van der Waals surface area contributed by atoms with Crippen LogP contribution in [0.15, 0.2) is 91.1 Å². The van der Waals surface area contributed by atoms with E-state index in [1.807, 2.05) is 18.3 Å². The summed E-state index contributed by atoms with van der Waals surface area (Å²) in [7, 11) is 0. The highest BCUT2D eigenvalue weighted by Crippen LogP contribution is 2.39. The Morgan fingerprint density at radius 1 is 0.639 bits per heavy atom. The van der Waals surface area contributed by atoms with E-state index in [9.17, 15) is 30.3 Å². The third-order valence-corrected chi connectivity index (χ3v) is 5.36. The summed E-state index contributed by atoms with van der Waals surface area (Å²) in [4.78, 5) is 32.3. The second-order valence-corrected chi connectivity index (χ2v) is 7.55. The predicted octanol–water partition coefficient (Wildman–Crippen LogP) is 6.17. The fourth-order valence-corrected chi connectivity index (χ4v) is 3.64. The quantitative estimate of drug-likeness (QED) is 0.180. The minimum absolute atomic E-state index is 0.447. The Labute approximate surface area is 202 Å². The minimum Gasteiger partial charge on any atom is -0.497 e. The van der Waals surface area contributed by atoms with Crippen molar-refractivity contribution in [2.24, 2.45) is 0 Å². The molecule has 1 aromatic heterocycles. The Kier molecular flexibility index (Phi) is 6.46. The number of pyridine rings is 1. The molecule has 0 radical (unpaired) electrons. The number of rotatable bonds is 4. The van der Waals surface area contributed by atoms with Crippen LogP contribution in [0, 0.1) is 30.3 Å². The zero-order valence-electron chi connectivity index (χ0n) is 18.3. The number of aromatic nitrogens is 1. The van der Waals surface area contributed by atoms with Gasteiger partial charge < -0.3 is 5.11 Å². The molecule has 5 aromatic rings. The van der Waals surface area contributed by atoms with Crippen LogP contribution in [-0.4, -0.2) is 24.9 Å². The monoisotopic (exact) mass is 484 g/mol. The molecule has 1 N–H and O–H groups in total. The molecular formula is C25H16N4O7. The van der Waals surface area contributed by atoms with Crippen LogP contribution in [0.2, 0.25) is 0 Å². The average Bonchev–Trinajstić information content (AvgIpc) is 2.89. The first-order valence-corrected chi connectivity index (χ1v) is 10.4. The summed E-state index contributed by atoms with van der Waals surface area (Å²) in [5.41, 5.74) is 0.535. The van der Waals surface area contributed by atoms with E-state index in [1.54, 1.807) is 0 Å². The maximum Gasteiger partial charge on any atom is 0.324 e. The average molecular weight is 484 g/mol. The zero-order chi connectivity index (χ0) is 25.8. The minimum atomic E-state index is -1.21. The number of hydrogen-bond acceptors (Lipinski definition) is 8. The summed E-state index contributed by atoms with van der Waals surface area (Å²) < 4.78 is 0. The molecule has 0 saturated carbocycles. The van der Waals surface area contributed by atoms with Gasteiger partial charge in [0.15, 0.2) is 0 Å². The third kappa shape index (κ3) is 4.75. The van der Waals surface area contributed by atoms with Crippen LogP contribution < -0.4 is 0 Å². The van der Waals surface area contributed by atoms with Gasteiger partial charge in [0, 0.05) is 17.0 Å². The smallest absolute Gasteiger partial charge is 0.324 e. The summed E-state index contributed by atoms with van der Waals surface area (Å²) in [5.74, 6) is -1.21. The van der Waals surface area contributed by atoms with Gasteiger partial charge in [-0.3, -0.25) is 35.3 Å². The number of non-ortho nitro benzene ring substituents is 1. The Hall–Kier alpha value is -5.45. The maximum absolute atomic E-state index is 10.4. The first-order valence-electron chi connectivity index (χ1n) is 10.4. The van der Waals surface area contributed by atoms with Gasteiger partial charge in [-0.05, 0) is 28.6 Å². The third-order valence-electron chi connectivity index (χ3n) is 5.36. The number of phenolic OH excluding ortho intramolecular Hbond substituents is 1. The number of nitro benzene ring substituents is 3. The van der Waals surface area contributed by atoms with Crippen LogP contribution in [0.25, 0.3) is 32.8 Å². The van der Waals surface area contributed by atoms with Crippen molar-refractivity contribution < 1.29 is 19.9 Å². The lowest BCUT2D eigenvalue weighted by atomic mass is 10.00. The number of phenols is 1. The Morgan fingerprint density at radius 3 is 1.86 bits per heavy atom. The fraction of sp³-hybridized carbons (Fsp3) is 0. The molecule has 0 aliphatic rings. The van der Waals surface area contributed by atoms with Crippen LogP contribution in [0.1, 0.15) is 0 Å². The van der Waals surface area contributed by atoms with Crippen molar-refractivity contribution in [3.05, 3.63) is 121 Å². The van der Waals surface area contributed by atoms with Crippen molar-refractivity contribution in [1.82, 2.24) is 4.98 Å². The number of aromatic hydroxyl groups is 1. The number of benzene rings is 4. The number of hydrogen-bond donors (Lipinski definition) is 1. The zero-order valence-corrected chi connectivity index (χ0v) is 18.3. The molecule has 0 amide bonds. The lowest BCUT2D eigenvalue weighted by molar-refractivity contribution is -0.404. The maximum atomic E-state index is 10.4. The summed E-state index contributed by atoms with van der Waals surface area (Å²) in [6, 6.07) is 26.2. The highest BCUT2D eigenvalue weighted by Gasteiger charge is 2.30. The van der Waals surface area contributed by atoms with Gasteiger partial charge in [-0.25, -0.2) is 0 Å². The molecule has 11 nitrogen and oxygen atoms in total. The molecule has 1 heterocycles. The molecule has 36 heavy (non-hydrogen) atoms. The summed E-state index contributed by atoms with van der Waals surface area (Å²) in [6.07, 6.45) is 1.95. The fourth-order valence-electron chi connectivity index (χ4n) is 3.64. The second kappa shape index (κ2) is 9.81. The molecule has 5 rings (SSSR count). The summed E-state index contributed by atoms with van der Waals surface area (Å²) in [5, 5.41) is 43.9. The van der Waals surface area contributed by atoms with Gasteiger partial charge in [0.2, 0.25) is 0 Å². The molecule has 0 bridgehead atoms. The normalized spacial score (nSPS) is 10.4. The van der Waals surface area contributed by atoms with Crippen molar-refractivity contribution in [3.63, 3.8) is 0 Å². The van der Waals surface area contributed by atoms with Crippen molar-refractivity contribution in [2.75, 3.05) is 0 Å². The molecule has 4 aromatic carbocycles. The van der Waals surface area contributed by atoms with E-state index >= 15 is 0 Å². The van der Waals surface area contributed by atoms with E-state index in [0.717, 1.165) is 5.52 Å². The van der Waals surface area contributed by atoms with E-state index in [0.29, 0.717) is 12.1 Å². The van der Waals surface area contributed by atoms with Gasteiger partial charge in [0.1, 0.15) is 0 Å². The Bertz CT molecular complexity index is 1600.